The van der Waals surface area contributed by atoms with Crippen LogP contribution in [0.4, 0.5) is 0 Å². The van der Waals surface area contributed by atoms with Gasteiger partial charge in [-0.2, -0.15) is 0 Å². The van der Waals surface area contributed by atoms with Gasteiger partial charge in [-0.25, -0.2) is 0 Å². The summed E-state index contributed by atoms with van der Waals surface area (Å²) in [5.41, 5.74) is 6.37. The number of hydrogen-bond donors (Lipinski definition) is 2. The summed E-state index contributed by atoms with van der Waals surface area (Å²) in [5.74, 6) is 0.0959. The summed E-state index contributed by atoms with van der Waals surface area (Å²) in [6.07, 6.45) is 2.99. The Morgan fingerprint density at radius 2 is 2.40 bits per heavy atom. The molecule has 82 valence electrons. The molecule has 1 aromatic heterocycles. The molecule has 0 aromatic carbocycles. The van der Waals surface area contributed by atoms with E-state index in [1.165, 1.54) is 0 Å². The largest absolute Gasteiger partial charge is 0.385 e. The minimum Gasteiger partial charge on any atom is -0.385 e. The molecule has 0 aliphatic rings. The number of amidine groups is 1. The molecule has 1 atom stereocenters. The maximum Gasteiger partial charge on any atom is 0.120 e. The highest BCUT2D eigenvalue weighted by molar-refractivity contribution is 5.81. The lowest BCUT2D eigenvalue weighted by Crippen LogP contribution is -2.30. The van der Waals surface area contributed by atoms with Crippen molar-refractivity contribution >= 4 is 5.84 Å². The van der Waals surface area contributed by atoms with Crippen LogP contribution in [0.3, 0.4) is 0 Å². The van der Waals surface area contributed by atoms with Crippen molar-refractivity contribution in [3.8, 4) is 0 Å². The lowest BCUT2D eigenvalue weighted by molar-refractivity contribution is 0.0961. The second kappa shape index (κ2) is 6.14. The number of nitrogens with zero attached hydrogens (tertiary/aromatic N) is 1. The second-order valence-electron chi connectivity index (χ2n) is 3.29. The smallest absolute Gasteiger partial charge is 0.120 e. The fraction of sp³-hybridized carbons (Fsp3) is 0.455. The van der Waals surface area contributed by atoms with E-state index in [1.54, 1.807) is 6.20 Å². The molecule has 3 N–H and O–H groups in total. The van der Waals surface area contributed by atoms with Crippen LogP contribution in [0.25, 0.3) is 0 Å². The van der Waals surface area contributed by atoms with Gasteiger partial charge < -0.3 is 10.5 Å². The van der Waals surface area contributed by atoms with E-state index >= 15 is 0 Å². The molecular weight excluding hydrogens is 190 g/mol. The van der Waals surface area contributed by atoms with Crippen LogP contribution in [-0.4, -0.2) is 23.5 Å². The van der Waals surface area contributed by atoms with Gasteiger partial charge in [0.15, 0.2) is 0 Å². The van der Waals surface area contributed by atoms with Gasteiger partial charge in [-0.15, -0.1) is 0 Å². The topological polar surface area (TPSA) is 72.0 Å². The van der Waals surface area contributed by atoms with Crippen LogP contribution in [0, 0.1) is 5.41 Å². The lowest BCUT2D eigenvalue weighted by Gasteiger charge is -2.13. The second-order valence-corrected chi connectivity index (χ2v) is 3.29. The summed E-state index contributed by atoms with van der Waals surface area (Å²) in [5, 5.41) is 7.27. The van der Waals surface area contributed by atoms with E-state index in [4.69, 9.17) is 15.9 Å². The molecule has 0 radical (unpaired) electrons. The number of aromatic nitrogens is 1. The molecular formula is C11H17N3O. The Balaban J connectivity index is 2.30. The molecule has 1 aromatic rings. The van der Waals surface area contributed by atoms with Crippen molar-refractivity contribution in [3.05, 3.63) is 30.1 Å². The van der Waals surface area contributed by atoms with Crippen molar-refractivity contribution in [1.29, 1.82) is 5.41 Å². The molecule has 0 amide bonds. The van der Waals surface area contributed by atoms with Gasteiger partial charge in [-0.3, -0.25) is 10.4 Å². The van der Waals surface area contributed by atoms with Crippen LogP contribution in [0.1, 0.15) is 19.0 Å². The zero-order valence-electron chi connectivity index (χ0n) is 8.94. The predicted octanol–water partition coefficient (Wildman–Crippen LogP) is 1.36. The van der Waals surface area contributed by atoms with Crippen molar-refractivity contribution in [2.75, 3.05) is 6.61 Å². The maximum atomic E-state index is 7.27. The highest BCUT2D eigenvalue weighted by Gasteiger charge is 2.09. The van der Waals surface area contributed by atoms with E-state index in [9.17, 15) is 0 Å². The van der Waals surface area contributed by atoms with E-state index < -0.39 is 0 Å². The Kier molecular flexibility index (Phi) is 4.77. The third-order valence-corrected chi connectivity index (χ3v) is 2.12. The third kappa shape index (κ3) is 4.08. The van der Waals surface area contributed by atoms with Crippen molar-refractivity contribution in [2.24, 2.45) is 5.73 Å². The van der Waals surface area contributed by atoms with Crippen LogP contribution in [-0.2, 0) is 11.2 Å². The zero-order chi connectivity index (χ0) is 11.1. The van der Waals surface area contributed by atoms with Gasteiger partial charge in [0.05, 0.1) is 6.61 Å². The van der Waals surface area contributed by atoms with E-state index in [-0.39, 0.29) is 11.9 Å². The molecule has 1 rings (SSSR count). The first-order valence-electron chi connectivity index (χ1n) is 5.09. The van der Waals surface area contributed by atoms with Gasteiger partial charge in [0, 0.05) is 18.3 Å². The summed E-state index contributed by atoms with van der Waals surface area (Å²) >= 11 is 0. The summed E-state index contributed by atoms with van der Waals surface area (Å²) in [6.45, 7) is 2.50. The van der Waals surface area contributed by atoms with E-state index in [2.05, 4.69) is 4.98 Å². The van der Waals surface area contributed by atoms with Crippen LogP contribution in [0.5, 0.6) is 0 Å². The SMILES string of the molecule is CCC(OCCc1ccccn1)C(=N)N. The van der Waals surface area contributed by atoms with Crippen LogP contribution in [0.15, 0.2) is 24.4 Å². The summed E-state index contributed by atoms with van der Waals surface area (Å²) < 4.78 is 5.47. The molecule has 1 heterocycles. The van der Waals surface area contributed by atoms with Crippen molar-refractivity contribution in [2.45, 2.75) is 25.9 Å². The van der Waals surface area contributed by atoms with Gasteiger partial charge >= 0.3 is 0 Å². The maximum absolute atomic E-state index is 7.27. The van der Waals surface area contributed by atoms with Crippen LogP contribution >= 0.6 is 0 Å². The molecule has 0 saturated heterocycles. The molecule has 15 heavy (non-hydrogen) atoms. The van der Waals surface area contributed by atoms with Crippen molar-refractivity contribution < 1.29 is 4.74 Å². The van der Waals surface area contributed by atoms with Crippen molar-refractivity contribution in [3.63, 3.8) is 0 Å². The first kappa shape index (κ1) is 11.7. The van der Waals surface area contributed by atoms with Crippen LogP contribution < -0.4 is 5.73 Å². The molecule has 1 unspecified atom stereocenters. The Bertz CT molecular complexity index is 300. The quantitative estimate of drug-likeness (QED) is 0.546. The normalized spacial score (nSPS) is 12.3. The molecule has 0 spiro atoms. The number of nitrogens with one attached hydrogen (secondary N) is 1. The van der Waals surface area contributed by atoms with Gasteiger partial charge in [-0.05, 0) is 18.6 Å². The van der Waals surface area contributed by atoms with E-state index in [0.717, 1.165) is 18.5 Å². The predicted molar refractivity (Wildman–Crippen MR) is 59.9 cm³/mol. The Morgan fingerprint density at radius 3 is 2.93 bits per heavy atom. The van der Waals surface area contributed by atoms with Gasteiger partial charge in [-0.1, -0.05) is 13.0 Å². The Morgan fingerprint density at radius 1 is 1.60 bits per heavy atom. The molecule has 0 aliphatic carbocycles. The fourth-order valence-corrected chi connectivity index (χ4v) is 1.28. The number of ether oxygens (including phenoxy) is 1. The standard InChI is InChI=1S/C11H17N3O/c1-2-10(11(12)13)15-8-6-9-5-3-4-7-14-9/h3-5,7,10H,2,6,8H2,1H3,(H3,12,13). The first-order valence-corrected chi connectivity index (χ1v) is 5.09. The zero-order valence-corrected chi connectivity index (χ0v) is 8.94. The van der Waals surface area contributed by atoms with Crippen LogP contribution in [0.2, 0.25) is 0 Å². The van der Waals surface area contributed by atoms with Crippen molar-refractivity contribution in [1.82, 2.24) is 4.98 Å². The number of rotatable bonds is 6. The summed E-state index contributed by atoms with van der Waals surface area (Å²) in [7, 11) is 0. The van der Waals surface area contributed by atoms with E-state index in [1.807, 2.05) is 25.1 Å². The summed E-state index contributed by atoms with van der Waals surface area (Å²) in [6, 6.07) is 5.79. The average molecular weight is 207 g/mol. The van der Waals surface area contributed by atoms with E-state index in [0.29, 0.717) is 6.61 Å². The molecule has 0 bridgehead atoms. The molecule has 4 heteroatoms. The number of hydrogen-bond acceptors (Lipinski definition) is 3. The Hall–Kier alpha value is -1.42. The Labute approximate surface area is 90.0 Å². The summed E-state index contributed by atoms with van der Waals surface area (Å²) in [4.78, 5) is 4.18. The lowest BCUT2D eigenvalue weighted by atomic mass is 10.2. The molecule has 4 nitrogen and oxygen atoms in total. The third-order valence-electron chi connectivity index (χ3n) is 2.12. The van der Waals surface area contributed by atoms with Gasteiger partial charge in [0.25, 0.3) is 0 Å². The van der Waals surface area contributed by atoms with Gasteiger partial charge in [0.2, 0.25) is 0 Å². The molecule has 0 aliphatic heterocycles. The molecule has 0 fully saturated rings. The highest BCUT2D eigenvalue weighted by atomic mass is 16.5. The average Bonchev–Trinajstić information content (AvgIpc) is 2.25. The van der Waals surface area contributed by atoms with Gasteiger partial charge in [0.1, 0.15) is 11.9 Å². The minimum atomic E-state index is -0.256. The minimum absolute atomic E-state index is 0.0959. The fourth-order valence-electron chi connectivity index (χ4n) is 1.28. The molecule has 0 saturated carbocycles. The monoisotopic (exact) mass is 207 g/mol. The first-order chi connectivity index (χ1) is 7.24. The number of pyridine rings is 1. The highest BCUT2D eigenvalue weighted by Crippen LogP contribution is 2.00. The number of nitrogens with two attached hydrogens (primary N) is 1.